The normalized spacial score (nSPS) is 11.9. The van der Waals surface area contributed by atoms with Crippen LogP contribution in [-0.4, -0.2) is 13.7 Å². The molecular weight excluding hydrogens is 691 g/mol. The van der Waals surface area contributed by atoms with Crippen molar-refractivity contribution in [3.05, 3.63) is 212 Å². The van der Waals surface area contributed by atoms with Crippen molar-refractivity contribution in [1.82, 2.24) is 13.7 Å². The van der Waals surface area contributed by atoms with Crippen molar-refractivity contribution in [1.29, 1.82) is 0 Å². The lowest BCUT2D eigenvalue weighted by Gasteiger charge is -2.11. The van der Waals surface area contributed by atoms with E-state index in [9.17, 15) is 0 Å². The molecule has 0 N–H and O–H groups in total. The quantitative estimate of drug-likeness (QED) is 0.168. The van der Waals surface area contributed by atoms with Gasteiger partial charge in [0, 0.05) is 49.4 Å². The van der Waals surface area contributed by atoms with Gasteiger partial charge in [-0.1, -0.05) is 121 Å². The molecule has 0 spiro atoms. The molecule has 9 aromatic carbocycles. The summed E-state index contributed by atoms with van der Waals surface area (Å²) in [6.07, 6.45) is 0. The lowest BCUT2D eigenvalue weighted by atomic mass is 10.0. The van der Waals surface area contributed by atoms with Gasteiger partial charge in [-0.2, -0.15) is 0 Å². The number of hydrogen-bond acceptors (Lipinski definition) is 0. The maximum atomic E-state index is 2.41. The topological polar surface area (TPSA) is 14.8 Å². The van der Waals surface area contributed by atoms with Crippen LogP contribution in [-0.2, 0) is 0 Å². The number of fused-ring (bicyclic) bond motifs is 9. The van der Waals surface area contributed by atoms with Gasteiger partial charge >= 0.3 is 0 Å². The first-order chi connectivity index (χ1) is 28.3. The molecular formula is C54H35N3. The average molecular weight is 726 g/mol. The highest BCUT2D eigenvalue weighted by Crippen LogP contribution is 2.39. The molecule has 3 heterocycles. The summed E-state index contributed by atoms with van der Waals surface area (Å²) in [5, 5.41) is 7.54. The fourth-order valence-corrected chi connectivity index (χ4v) is 9.25. The number of benzene rings is 9. The van der Waals surface area contributed by atoms with E-state index in [1.807, 2.05) is 0 Å². The smallest absolute Gasteiger partial charge is 0.0541 e. The second-order valence-corrected chi connectivity index (χ2v) is 15.0. The predicted octanol–water partition coefficient (Wildman–Crippen LogP) is 14.3. The molecule has 12 aromatic rings. The number of aromatic nitrogens is 3. The van der Waals surface area contributed by atoms with Gasteiger partial charge in [0.2, 0.25) is 0 Å². The van der Waals surface area contributed by atoms with Crippen LogP contribution in [0.1, 0.15) is 0 Å². The molecule has 0 bridgehead atoms. The van der Waals surface area contributed by atoms with E-state index in [1.54, 1.807) is 0 Å². The Kier molecular flexibility index (Phi) is 6.93. The van der Waals surface area contributed by atoms with Crippen molar-refractivity contribution in [3.63, 3.8) is 0 Å². The Morgan fingerprint density at radius 3 is 0.860 bits per heavy atom. The van der Waals surface area contributed by atoms with E-state index in [4.69, 9.17) is 0 Å². The summed E-state index contributed by atoms with van der Waals surface area (Å²) < 4.78 is 7.15. The Hall–Kier alpha value is -7.62. The molecule has 0 amide bonds. The van der Waals surface area contributed by atoms with Crippen molar-refractivity contribution in [3.8, 4) is 39.3 Å². The lowest BCUT2D eigenvalue weighted by Crippen LogP contribution is -1.94. The van der Waals surface area contributed by atoms with Crippen LogP contribution >= 0.6 is 0 Å². The molecule has 0 fully saturated rings. The summed E-state index contributed by atoms with van der Waals surface area (Å²) in [6, 6.07) is 77.4. The van der Waals surface area contributed by atoms with Crippen LogP contribution in [0.2, 0.25) is 0 Å². The first kappa shape index (κ1) is 31.7. The SMILES string of the molecule is c1ccc(-n2c3ccccc3c3cc(-c4ccc(-n5c6ccccc6c6cc(-c7ccc8c(c7)c7ccccc7n8-c7ccccc7)ccc65)cc4)ccc32)cc1. The van der Waals surface area contributed by atoms with Gasteiger partial charge in [0.05, 0.1) is 33.1 Å². The van der Waals surface area contributed by atoms with Crippen LogP contribution in [0, 0.1) is 0 Å². The molecule has 3 aromatic heterocycles. The average Bonchev–Trinajstić information content (AvgIpc) is 3.92. The highest BCUT2D eigenvalue weighted by molar-refractivity contribution is 6.13. The molecule has 0 atom stereocenters. The fraction of sp³-hybridized carbons (Fsp3) is 0. The second-order valence-electron chi connectivity index (χ2n) is 15.0. The molecule has 0 saturated carbocycles. The maximum absolute atomic E-state index is 2.41. The maximum Gasteiger partial charge on any atom is 0.0541 e. The number of nitrogens with zero attached hydrogens (tertiary/aromatic N) is 3. The first-order valence-corrected chi connectivity index (χ1v) is 19.6. The van der Waals surface area contributed by atoms with E-state index in [2.05, 4.69) is 226 Å². The molecule has 3 heteroatoms. The first-order valence-electron chi connectivity index (χ1n) is 19.6. The predicted molar refractivity (Wildman–Crippen MR) is 240 cm³/mol. The van der Waals surface area contributed by atoms with E-state index in [0.717, 1.165) is 5.69 Å². The fourth-order valence-electron chi connectivity index (χ4n) is 9.25. The zero-order chi connectivity index (χ0) is 37.5. The van der Waals surface area contributed by atoms with E-state index in [1.165, 1.54) is 99.0 Å². The minimum absolute atomic E-state index is 1.15. The van der Waals surface area contributed by atoms with Crippen LogP contribution in [0.4, 0.5) is 0 Å². The van der Waals surface area contributed by atoms with Gasteiger partial charge in [0.15, 0.2) is 0 Å². The monoisotopic (exact) mass is 725 g/mol. The highest BCUT2D eigenvalue weighted by atomic mass is 15.0. The minimum Gasteiger partial charge on any atom is -0.309 e. The molecule has 0 aliphatic carbocycles. The number of hydrogen-bond donors (Lipinski definition) is 0. The largest absolute Gasteiger partial charge is 0.309 e. The zero-order valence-electron chi connectivity index (χ0n) is 31.0. The van der Waals surface area contributed by atoms with Gasteiger partial charge < -0.3 is 13.7 Å². The standard InChI is InChI=1S/C54H35N3/c1-3-13-40(14-4-1)55-49-20-10-7-17-43(49)46-33-37(25-30-52(46)55)36-23-28-42(29-24-36)57-51-22-12-9-19-45(51)48-35-39(27-32-54(48)57)38-26-31-53-47(34-38)44-18-8-11-21-50(44)56(53)41-15-5-2-6-16-41/h1-35H. The summed E-state index contributed by atoms with van der Waals surface area (Å²) in [5.74, 6) is 0. The summed E-state index contributed by atoms with van der Waals surface area (Å²) in [5.41, 5.74) is 15.6. The van der Waals surface area contributed by atoms with Crippen molar-refractivity contribution in [2.75, 3.05) is 0 Å². The lowest BCUT2D eigenvalue weighted by molar-refractivity contribution is 1.18. The van der Waals surface area contributed by atoms with Crippen molar-refractivity contribution in [2.24, 2.45) is 0 Å². The van der Waals surface area contributed by atoms with Gasteiger partial charge in [-0.25, -0.2) is 0 Å². The van der Waals surface area contributed by atoms with E-state index in [0.29, 0.717) is 0 Å². The molecule has 0 saturated heterocycles. The van der Waals surface area contributed by atoms with Crippen LogP contribution in [0.3, 0.4) is 0 Å². The van der Waals surface area contributed by atoms with Crippen LogP contribution in [0.25, 0.3) is 105 Å². The molecule has 266 valence electrons. The van der Waals surface area contributed by atoms with Crippen molar-refractivity contribution in [2.45, 2.75) is 0 Å². The molecule has 3 nitrogen and oxygen atoms in total. The van der Waals surface area contributed by atoms with Gasteiger partial charge in [0.1, 0.15) is 0 Å². The summed E-state index contributed by atoms with van der Waals surface area (Å²) in [7, 11) is 0. The summed E-state index contributed by atoms with van der Waals surface area (Å²) in [4.78, 5) is 0. The third-order valence-corrected chi connectivity index (χ3v) is 11.8. The second kappa shape index (κ2) is 12.5. The van der Waals surface area contributed by atoms with Crippen LogP contribution in [0.5, 0.6) is 0 Å². The Bertz CT molecular complexity index is 3490. The molecule has 57 heavy (non-hydrogen) atoms. The van der Waals surface area contributed by atoms with Crippen LogP contribution in [0.15, 0.2) is 212 Å². The molecule has 0 aliphatic heterocycles. The van der Waals surface area contributed by atoms with E-state index >= 15 is 0 Å². The van der Waals surface area contributed by atoms with Crippen LogP contribution < -0.4 is 0 Å². The molecule has 12 rings (SSSR count). The van der Waals surface area contributed by atoms with E-state index in [-0.39, 0.29) is 0 Å². The minimum atomic E-state index is 1.15. The third kappa shape index (κ3) is 4.86. The number of para-hydroxylation sites is 5. The molecule has 0 aliphatic rings. The van der Waals surface area contributed by atoms with Gasteiger partial charge in [0.25, 0.3) is 0 Å². The van der Waals surface area contributed by atoms with Gasteiger partial charge in [-0.05, 0) is 113 Å². The number of rotatable bonds is 5. The van der Waals surface area contributed by atoms with Crippen molar-refractivity contribution >= 4 is 65.4 Å². The molecule has 0 unspecified atom stereocenters. The summed E-state index contributed by atoms with van der Waals surface area (Å²) in [6.45, 7) is 0. The van der Waals surface area contributed by atoms with Gasteiger partial charge in [-0.15, -0.1) is 0 Å². The Morgan fingerprint density at radius 1 is 0.193 bits per heavy atom. The Labute approximate surface area is 329 Å². The Morgan fingerprint density at radius 2 is 0.474 bits per heavy atom. The third-order valence-electron chi connectivity index (χ3n) is 11.8. The van der Waals surface area contributed by atoms with E-state index < -0.39 is 0 Å². The van der Waals surface area contributed by atoms with Gasteiger partial charge in [-0.3, -0.25) is 0 Å². The zero-order valence-corrected chi connectivity index (χ0v) is 31.0. The van der Waals surface area contributed by atoms with Crippen molar-refractivity contribution < 1.29 is 0 Å². The summed E-state index contributed by atoms with van der Waals surface area (Å²) >= 11 is 0. The highest BCUT2D eigenvalue weighted by Gasteiger charge is 2.17. The Balaban J connectivity index is 0.949. The molecule has 0 radical (unpaired) electrons.